The molecule has 0 aliphatic rings. The molecule has 8 heteroatoms. The summed E-state index contributed by atoms with van der Waals surface area (Å²) in [4.78, 5) is 28.8. The van der Waals surface area contributed by atoms with Crippen molar-refractivity contribution in [1.82, 2.24) is 0 Å². The summed E-state index contributed by atoms with van der Waals surface area (Å²) in [7, 11) is 0. The van der Waals surface area contributed by atoms with E-state index in [1.54, 1.807) is 0 Å². The van der Waals surface area contributed by atoms with Gasteiger partial charge in [-0.15, -0.1) is 0 Å². The van der Waals surface area contributed by atoms with Crippen molar-refractivity contribution in [2.75, 3.05) is 0 Å². The van der Waals surface area contributed by atoms with Crippen LogP contribution in [0.2, 0.25) is 0 Å². The van der Waals surface area contributed by atoms with Crippen LogP contribution in [0.3, 0.4) is 0 Å². The van der Waals surface area contributed by atoms with Gasteiger partial charge in [-0.1, -0.05) is 0 Å². The van der Waals surface area contributed by atoms with Gasteiger partial charge in [0, 0.05) is 0 Å². The van der Waals surface area contributed by atoms with Crippen molar-refractivity contribution in [3.63, 3.8) is 0 Å². The molecular formula is C7H3FN2O5. The van der Waals surface area contributed by atoms with Gasteiger partial charge < -0.3 is 0 Å². The summed E-state index contributed by atoms with van der Waals surface area (Å²) in [5.41, 5.74) is -2.97. The predicted octanol–water partition coefficient (Wildman–Crippen LogP) is 1.45. The smallest absolute Gasteiger partial charge is 0.298 e. The van der Waals surface area contributed by atoms with Crippen molar-refractivity contribution < 1.29 is 19.0 Å². The van der Waals surface area contributed by atoms with E-state index in [-0.39, 0.29) is 6.29 Å². The second kappa shape index (κ2) is 3.78. The molecule has 7 nitrogen and oxygen atoms in total. The largest absolute Gasteiger partial charge is 0.382 e. The summed E-state index contributed by atoms with van der Waals surface area (Å²) >= 11 is 0. The lowest BCUT2D eigenvalue weighted by Gasteiger charge is -1.97. The normalized spacial score (nSPS) is 9.67. The summed E-state index contributed by atoms with van der Waals surface area (Å²) in [6, 6.07) is 1.45. The average molecular weight is 214 g/mol. The number of hydrogen-bond acceptors (Lipinski definition) is 5. The summed E-state index contributed by atoms with van der Waals surface area (Å²) < 4.78 is 12.9. The Bertz CT molecular complexity index is 459. The molecule has 0 radical (unpaired) electrons. The number of nitro benzene ring substituents is 2. The van der Waals surface area contributed by atoms with E-state index in [4.69, 9.17) is 0 Å². The Morgan fingerprint density at radius 2 is 1.67 bits per heavy atom. The van der Waals surface area contributed by atoms with Gasteiger partial charge in [0.05, 0.1) is 15.4 Å². The first kappa shape index (κ1) is 10.7. The predicted molar refractivity (Wildman–Crippen MR) is 45.1 cm³/mol. The van der Waals surface area contributed by atoms with Crippen LogP contribution in [-0.4, -0.2) is 16.1 Å². The summed E-state index contributed by atoms with van der Waals surface area (Å²) in [6.07, 6.45) is 0.0601. The number of hydrogen-bond donors (Lipinski definition) is 0. The number of carbonyl (C=O) groups is 1. The van der Waals surface area contributed by atoms with Gasteiger partial charge in [-0.05, 0) is 12.1 Å². The van der Waals surface area contributed by atoms with Gasteiger partial charge in [-0.25, -0.2) is 0 Å². The number of aldehydes is 1. The Morgan fingerprint density at radius 3 is 2.07 bits per heavy atom. The topological polar surface area (TPSA) is 103 Å². The Labute approximate surface area is 81.4 Å². The molecule has 78 valence electrons. The Kier molecular flexibility index (Phi) is 2.70. The minimum absolute atomic E-state index is 0.0601. The third-order valence-electron chi connectivity index (χ3n) is 1.63. The fourth-order valence-electron chi connectivity index (χ4n) is 1.03. The number of rotatable bonds is 3. The molecule has 0 aliphatic heterocycles. The van der Waals surface area contributed by atoms with E-state index in [0.29, 0.717) is 6.07 Å². The van der Waals surface area contributed by atoms with E-state index in [1.807, 2.05) is 0 Å². The van der Waals surface area contributed by atoms with E-state index in [0.717, 1.165) is 6.07 Å². The van der Waals surface area contributed by atoms with Crippen LogP contribution in [0.1, 0.15) is 10.4 Å². The maximum Gasteiger partial charge on any atom is 0.382 e. The quantitative estimate of drug-likeness (QED) is 0.430. The van der Waals surface area contributed by atoms with Crippen molar-refractivity contribution in [2.45, 2.75) is 0 Å². The molecule has 0 bridgehead atoms. The number of benzene rings is 1. The Hall–Kier alpha value is -2.38. The maximum absolute atomic E-state index is 12.9. The average Bonchev–Trinajstić information content (AvgIpc) is 2.16. The molecule has 0 saturated heterocycles. The van der Waals surface area contributed by atoms with E-state index in [9.17, 15) is 29.4 Å². The van der Waals surface area contributed by atoms with Gasteiger partial charge in [0.25, 0.3) is 0 Å². The van der Waals surface area contributed by atoms with Crippen molar-refractivity contribution in [1.29, 1.82) is 0 Å². The van der Waals surface area contributed by atoms with Crippen LogP contribution in [-0.2, 0) is 0 Å². The molecule has 0 saturated carbocycles. The number of halogens is 1. The maximum atomic E-state index is 12.9. The summed E-state index contributed by atoms with van der Waals surface area (Å²) in [6.45, 7) is 0. The minimum atomic E-state index is -1.35. The van der Waals surface area contributed by atoms with Crippen molar-refractivity contribution in [2.24, 2.45) is 0 Å². The summed E-state index contributed by atoms with van der Waals surface area (Å²) in [5.74, 6) is -1.35. The van der Waals surface area contributed by atoms with Crippen LogP contribution in [0, 0.1) is 26.0 Å². The van der Waals surface area contributed by atoms with Gasteiger partial charge in [-0.3, -0.25) is 25.0 Å². The first-order valence-corrected chi connectivity index (χ1v) is 3.55. The van der Waals surface area contributed by atoms with Crippen LogP contribution in [0.4, 0.5) is 15.8 Å². The third kappa shape index (κ3) is 1.77. The fourth-order valence-corrected chi connectivity index (χ4v) is 1.03. The molecule has 0 spiro atoms. The Morgan fingerprint density at radius 1 is 1.13 bits per heavy atom. The van der Waals surface area contributed by atoms with E-state index < -0.39 is 32.6 Å². The van der Waals surface area contributed by atoms with Crippen LogP contribution in [0.25, 0.3) is 0 Å². The fraction of sp³-hybridized carbons (Fsp3) is 0. The van der Waals surface area contributed by atoms with Crippen LogP contribution in [0.5, 0.6) is 0 Å². The highest BCUT2D eigenvalue weighted by atomic mass is 19.1. The molecule has 0 heterocycles. The SMILES string of the molecule is O=Cc1ccc(F)c([N+](=O)[O-])c1[N+](=O)[O-]. The Balaban J connectivity index is 3.65. The highest BCUT2D eigenvalue weighted by Crippen LogP contribution is 2.32. The lowest BCUT2D eigenvalue weighted by atomic mass is 10.1. The summed E-state index contributed by atoms with van der Waals surface area (Å²) in [5, 5.41) is 20.8. The van der Waals surface area contributed by atoms with Crippen molar-refractivity contribution in [3.8, 4) is 0 Å². The molecule has 0 aromatic heterocycles. The van der Waals surface area contributed by atoms with Crippen molar-refractivity contribution >= 4 is 17.7 Å². The van der Waals surface area contributed by atoms with E-state index >= 15 is 0 Å². The number of nitro groups is 2. The molecule has 0 atom stereocenters. The lowest BCUT2D eigenvalue weighted by molar-refractivity contribution is -0.424. The van der Waals surface area contributed by atoms with Gasteiger partial charge in [-0.2, -0.15) is 4.39 Å². The zero-order valence-corrected chi connectivity index (χ0v) is 7.05. The lowest BCUT2D eigenvalue weighted by Crippen LogP contribution is -2.02. The third-order valence-corrected chi connectivity index (χ3v) is 1.63. The van der Waals surface area contributed by atoms with Gasteiger partial charge >= 0.3 is 11.4 Å². The van der Waals surface area contributed by atoms with E-state index in [2.05, 4.69) is 0 Å². The second-order valence-corrected chi connectivity index (χ2v) is 2.47. The molecule has 1 aromatic carbocycles. The first-order valence-electron chi connectivity index (χ1n) is 3.55. The molecule has 1 rings (SSSR count). The molecule has 0 aliphatic carbocycles. The highest BCUT2D eigenvalue weighted by Gasteiger charge is 2.32. The number of carbonyl (C=O) groups excluding carboxylic acids is 1. The molecule has 1 aromatic rings. The zero-order chi connectivity index (χ0) is 11.6. The van der Waals surface area contributed by atoms with Crippen molar-refractivity contribution in [3.05, 3.63) is 43.7 Å². The number of nitrogens with zero attached hydrogens (tertiary/aromatic N) is 2. The highest BCUT2D eigenvalue weighted by molar-refractivity contribution is 5.84. The monoisotopic (exact) mass is 214 g/mol. The zero-order valence-electron chi connectivity index (χ0n) is 7.05. The second-order valence-electron chi connectivity index (χ2n) is 2.47. The molecule has 0 amide bonds. The van der Waals surface area contributed by atoms with Crippen LogP contribution >= 0.6 is 0 Å². The molecule has 0 N–H and O–H groups in total. The first-order chi connectivity index (χ1) is 6.99. The van der Waals surface area contributed by atoms with Gasteiger partial charge in [0.1, 0.15) is 0 Å². The van der Waals surface area contributed by atoms with Gasteiger partial charge in [0.2, 0.25) is 5.82 Å². The van der Waals surface area contributed by atoms with Crippen LogP contribution < -0.4 is 0 Å². The molecular weight excluding hydrogens is 211 g/mol. The molecule has 15 heavy (non-hydrogen) atoms. The minimum Gasteiger partial charge on any atom is -0.298 e. The molecule has 0 fully saturated rings. The van der Waals surface area contributed by atoms with E-state index in [1.165, 1.54) is 0 Å². The molecule has 0 unspecified atom stereocenters. The standard InChI is InChI=1S/C7H3FN2O5/c8-5-2-1-4(3-11)6(9(12)13)7(5)10(14)15/h1-3H. The van der Waals surface area contributed by atoms with Gasteiger partial charge in [0.15, 0.2) is 6.29 Å². The van der Waals surface area contributed by atoms with Crippen LogP contribution in [0.15, 0.2) is 12.1 Å².